The summed E-state index contributed by atoms with van der Waals surface area (Å²) < 4.78 is 0. The van der Waals surface area contributed by atoms with Crippen LogP contribution >= 0.6 is 0 Å². The molecule has 2 aliphatic carbocycles. The third kappa shape index (κ3) is 4.72. The molecule has 1 saturated heterocycles. The van der Waals surface area contributed by atoms with E-state index in [-0.39, 0.29) is 39.3 Å². The molecule has 43 heavy (non-hydrogen) atoms. The van der Waals surface area contributed by atoms with Crippen molar-refractivity contribution in [1.29, 1.82) is 0 Å². The average Bonchev–Trinajstić information content (AvgIpc) is 3.20. The molecule has 0 bridgehead atoms. The Morgan fingerprint density at radius 3 is 1.58 bits per heavy atom. The first kappa shape index (κ1) is 30.1. The van der Waals surface area contributed by atoms with Gasteiger partial charge in [-0.2, -0.15) is 0 Å². The number of nitrogens with zero attached hydrogens (tertiary/aromatic N) is 4. The molecule has 2 atom stereocenters. The molecule has 3 aliphatic rings. The lowest BCUT2D eigenvalue weighted by molar-refractivity contribution is -0.179. The highest BCUT2D eigenvalue weighted by Gasteiger charge is 2.76. The van der Waals surface area contributed by atoms with Gasteiger partial charge in [0.1, 0.15) is 5.54 Å². The summed E-state index contributed by atoms with van der Waals surface area (Å²) in [5.74, 6) is -6.20. The van der Waals surface area contributed by atoms with Gasteiger partial charge >= 0.3 is 29.8 Å². The zero-order valence-electron chi connectivity index (χ0n) is 23.2. The van der Waals surface area contributed by atoms with Crippen LogP contribution in [-0.4, -0.2) is 140 Å². The van der Waals surface area contributed by atoms with Crippen LogP contribution in [0.4, 0.5) is 0 Å². The molecule has 0 amide bonds. The Balaban J connectivity index is 1.80. The van der Waals surface area contributed by atoms with Crippen molar-refractivity contribution in [2.75, 3.05) is 65.4 Å². The van der Waals surface area contributed by atoms with Crippen LogP contribution in [0.25, 0.3) is 11.1 Å². The van der Waals surface area contributed by atoms with Gasteiger partial charge in [-0.25, -0.2) is 4.79 Å². The highest BCUT2D eigenvalue weighted by atomic mass is 16.4. The summed E-state index contributed by atoms with van der Waals surface area (Å²) >= 11 is 0. The van der Waals surface area contributed by atoms with Crippen molar-refractivity contribution < 1.29 is 49.5 Å². The summed E-state index contributed by atoms with van der Waals surface area (Å²) in [5.41, 5.74) is -0.931. The highest BCUT2D eigenvalue weighted by molar-refractivity contribution is 5.99. The largest absolute Gasteiger partial charge is 0.480 e. The van der Waals surface area contributed by atoms with E-state index in [2.05, 4.69) is 0 Å². The van der Waals surface area contributed by atoms with Gasteiger partial charge in [-0.15, -0.1) is 0 Å². The molecule has 5 rings (SSSR count). The molecule has 14 heteroatoms. The Bertz CT molecular complexity index is 1500. The van der Waals surface area contributed by atoms with Gasteiger partial charge in [-0.05, 0) is 27.8 Å². The third-order valence-electron chi connectivity index (χ3n) is 8.68. The topological polar surface area (TPSA) is 199 Å². The van der Waals surface area contributed by atoms with E-state index in [1.165, 1.54) is 14.7 Å². The maximum atomic E-state index is 13.8. The molecular weight excluding hydrogens is 564 g/mol. The molecule has 1 heterocycles. The van der Waals surface area contributed by atoms with Crippen LogP contribution in [0.2, 0.25) is 0 Å². The molecule has 0 saturated carbocycles. The van der Waals surface area contributed by atoms with Crippen molar-refractivity contribution >= 4 is 29.8 Å². The molecule has 1 aliphatic heterocycles. The van der Waals surface area contributed by atoms with Gasteiger partial charge in [0.05, 0.1) is 26.2 Å². The maximum Gasteiger partial charge on any atom is 0.331 e. The van der Waals surface area contributed by atoms with Crippen LogP contribution in [-0.2, 0) is 35.1 Å². The van der Waals surface area contributed by atoms with E-state index in [9.17, 15) is 49.5 Å². The number of aliphatic carboxylic acids is 5. The van der Waals surface area contributed by atoms with Crippen molar-refractivity contribution in [3.8, 4) is 11.1 Å². The Morgan fingerprint density at radius 1 is 0.558 bits per heavy atom. The Labute approximate surface area is 245 Å². The van der Waals surface area contributed by atoms with Crippen LogP contribution in [0.1, 0.15) is 16.7 Å². The second-order valence-corrected chi connectivity index (χ2v) is 11.0. The average molecular weight is 597 g/mol. The van der Waals surface area contributed by atoms with Gasteiger partial charge in [-0.1, -0.05) is 42.5 Å². The number of carboxylic acid groups (broad SMARTS) is 5. The minimum absolute atomic E-state index is 0.0243. The molecule has 5 N–H and O–H groups in total. The van der Waals surface area contributed by atoms with Crippen LogP contribution in [0, 0.1) is 0 Å². The minimum Gasteiger partial charge on any atom is -0.480 e. The Kier molecular flexibility index (Phi) is 7.96. The number of carbonyl (C=O) groups is 5. The van der Waals surface area contributed by atoms with E-state index in [1.54, 1.807) is 35.2 Å². The van der Waals surface area contributed by atoms with Gasteiger partial charge in [0.15, 0.2) is 5.54 Å². The SMILES string of the molecule is O=C(O)CN1CCN(CC(=O)O)CCN(CC(=O)O)C23c4ccccc4-c4cccc(c42)C3(C(=O)O)N(CC(=O)O)CC1. The normalized spacial score (nSPS) is 24.4. The molecular formula is C29H32N4O10. The molecule has 1 spiro atoms. The molecule has 2 aromatic carbocycles. The smallest absolute Gasteiger partial charge is 0.331 e. The molecule has 1 fully saturated rings. The van der Waals surface area contributed by atoms with Crippen LogP contribution in [0.3, 0.4) is 0 Å². The fourth-order valence-corrected chi connectivity index (χ4v) is 7.29. The van der Waals surface area contributed by atoms with E-state index in [0.29, 0.717) is 27.8 Å². The van der Waals surface area contributed by atoms with Crippen LogP contribution in [0.5, 0.6) is 0 Å². The number of carboxylic acids is 5. The summed E-state index contributed by atoms with van der Waals surface area (Å²) in [5, 5.41) is 50.5. The van der Waals surface area contributed by atoms with Gasteiger partial charge in [0.2, 0.25) is 0 Å². The lowest BCUT2D eigenvalue weighted by Gasteiger charge is -2.64. The van der Waals surface area contributed by atoms with Crippen molar-refractivity contribution in [2.24, 2.45) is 0 Å². The second-order valence-electron chi connectivity index (χ2n) is 11.0. The van der Waals surface area contributed by atoms with E-state index >= 15 is 0 Å². The second kappa shape index (κ2) is 11.4. The number of hydrogen-bond acceptors (Lipinski definition) is 9. The van der Waals surface area contributed by atoms with Crippen LogP contribution < -0.4 is 0 Å². The highest BCUT2D eigenvalue weighted by Crippen LogP contribution is 2.69. The predicted octanol–water partition coefficient (Wildman–Crippen LogP) is -0.236. The summed E-state index contributed by atoms with van der Waals surface area (Å²) in [4.78, 5) is 67.8. The molecule has 2 aromatic rings. The first-order valence-corrected chi connectivity index (χ1v) is 13.7. The van der Waals surface area contributed by atoms with Gasteiger partial charge in [0, 0.05) is 39.3 Å². The number of hydrogen-bond donors (Lipinski definition) is 5. The van der Waals surface area contributed by atoms with E-state index in [4.69, 9.17) is 0 Å². The van der Waals surface area contributed by atoms with Crippen molar-refractivity contribution in [3.05, 3.63) is 59.2 Å². The summed E-state index contributed by atoms with van der Waals surface area (Å²) in [6, 6.07) is 12.2. The minimum atomic E-state index is -2.08. The summed E-state index contributed by atoms with van der Waals surface area (Å²) in [6.07, 6.45) is 0. The maximum absolute atomic E-state index is 13.8. The fraction of sp³-hybridized carbons (Fsp3) is 0.414. The molecule has 0 aromatic heterocycles. The standard InChI is InChI=1S/C29H32N4O10/c34-22(35)14-30-8-9-31(15-23(36)37)11-13-33(17-25(40)41)29(27(42)43)21-7-3-5-19-18-4-1-2-6-20(18)28(29,26(19)21)32(12-10-30)16-24(38)39/h1-7H,8-17H2,(H,34,35)(H,36,37)(H,38,39)(H,40,41)(H,42,43). The van der Waals surface area contributed by atoms with Gasteiger partial charge in [0.25, 0.3) is 0 Å². The van der Waals surface area contributed by atoms with Crippen molar-refractivity contribution in [2.45, 2.75) is 11.1 Å². The number of fused-ring (bicyclic) bond motifs is 3. The molecule has 14 nitrogen and oxygen atoms in total. The third-order valence-corrected chi connectivity index (χ3v) is 8.68. The lowest BCUT2D eigenvalue weighted by atomic mass is 9.53. The van der Waals surface area contributed by atoms with Crippen molar-refractivity contribution in [1.82, 2.24) is 19.6 Å². The van der Waals surface area contributed by atoms with E-state index < -0.39 is 67.1 Å². The van der Waals surface area contributed by atoms with Gasteiger partial charge < -0.3 is 25.5 Å². The lowest BCUT2D eigenvalue weighted by Crippen LogP contribution is -2.77. The summed E-state index contributed by atoms with van der Waals surface area (Å²) in [7, 11) is 0. The predicted molar refractivity (Wildman–Crippen MR) is 149 cm³/mol. The molecule has 0 radical (unpaired) electrons. The number of rotatable bonds is 9. The zero-order valence-corrected chi connectivity index (χ0v) is 23.2. The number of benzene rings is 2. The molecule has 2 unspecified atom stereocenters. The van der Waals surface area contributed by atoms with E-state index in [1.807, 2.05) is 12.1 Å². The first-order valence-electron chi connectivity index (χ1n) is 13.7. The zero-order chi connectivity index (χ0) is 31.1. The van der Waals surface area contributed by atoms with Gasteiger partial charge in [-0.3, -0.25) is 38.8 Å². The Morgan fingerprint density at radius 2 is 1.02 bits per heavy atom. The quantitative estimate of drug-likeness (QED) is 0.254. The molecule has 228 valence electrons. The summed E-state index contributed by atoms with van der Waals surface area (Å²) in [6.45, 7) is -2.18. The Hall–Kier alpha value is -4.37. The monoisotopic (exact) mass is 596 g/mol. The van der Waals surface area contributed by atoms with Crippen molar-refractivity contribution in [3.63, 3.8) is 0 Å². The van der Waals surface area contributed by atoms with Crippen LogP contribution in [0.15, 0.2) is 42.5 Å². The van der Waals surface area contributed by atoms with E-state index in [0.717, 1.165) is 0 Å². The fourth-order valence-electron chi connectivity index (χ4n) is 7.29. The first-order chi connectivity index (χ1) is 20.4.